The lowest BCUT2D eigenvalue weighted by atomic mass is 10.3. The normalized spacial score (nSPS) is 11.2. The Hall–Kier alpha value is -2.51. The fourth-order valence-electron chi connectivity index (χ4n) is 1.41. The molecular formula is C12H10F3N3O2. The van der Waals surface area contributed by atoms with Crippen molar-refractivity contribution < 1.29 is 22.6 Å². The Kier molecular flexibility index (Phi) is 3.64. The van der Waals surface area contributed by atoms with Crippen LogP contribution in [0.5, 0.6) is 17.5 Å². The molecule has 1 aromatic carbocycles. The van der Waals surface area contributed by atoms with E-state index in [0.717, 1.165) is 12.3 Å². The van der Waals surface area contributed by atoms with Gasteiger partial charge in [0.1, 0.15) is 0 Å². The lowest BCUT2D eigenvalue weighted by molar-refractivity contribution is -0.141. The summed E-state index contributed by atoms with van der Waals surface area (Å²) >= 11 is 0. The van der Waals surface area contributed by atoms with E-state index < -0.39 is 17.9 Å². The molecule has 2 aromatic rings. The summed E-state index contributed by atoms with van der Waals surface area (Å²) in [6.45, 7) is 0. The smallest absolute Gasteiger partial charge is 0.433 e. The Morgan fingerprint density at radius 2 is 1.90 bits per heavy atom. The number of hydrogen-bond acceptors (Lipinski definition) is 5. The Labute approximate surface area is 112 Å². The molecule has 0 aliphatic rings. The minimum atomic E-state index is -4.56. The number of nitrogens with two attached hydrogens (primary N) is 1. The van der Waals surface area contributed by atoms with Gasteiger partial charge in [0.15, 0.2) is 17.2 Å². The average molecular weight is 285 g/mol. The molecule has 20 heavy (non-hydrogen) atoms. The monoisotopic (exact) mass is 285 g/mol. The first-order valence-corrected chi connectivity index (χ1v) is 5.42. The lowest BCUT2D eigenvalue weighted by Gasteiger charge is -2.10. The molecule has 0 atom stereocenters. The van der Waals surface area contributed by atoms with Crippen LogP contribution < -0.4 is 15.2 Å². The van der Waals surface area contributed by atoms with Crippen LogP contribution in [0.4, 0.5) is 18.9 Å². The molecule has 0 amide bonds. The van der Waals surface area contributed by atoms with Crippen molar-refractivity contribution in [2.75, 3.05) is 12.8 Å². The molecule has 0 unspecified atom stereocenters. The maximum absolute atomic E-state index is 12.5. The van der Waals surface area contributed by atoms with E-state index >= 15 is 0 Å². The Morgan fingerprint density at radius 3 is 2.55 bits per heavy atom. The van der Waals surface area contributed by atoms with E-state index in [1.807, 2.05) is 0 Å². The number of methoxy groups -OCH3 is 1. The number of nitrogens with zero attached hydrogens (tertiary/aromatic N) is 2. The number of benzene rings is 1. The highest BCUT2D eigenvalue weighted by Crippen LogP contribution is 2.33. The number of ether oxygens (including phenoxy) is 2. The molecule has 0 aliphatic heterocycles. The van der Waals surface area contributed by atoms with Crippen LogP contribution in [0.25, 0.3) is 0 Å². The van der Waals surface area contributed by atoms with Crippen LogP contribution in [-0.2, 0) is 6.18 Å². The number of halogens is 3. The maximum atomic E-state index is 12.5. The van der Waals surface area contributed by atoms with Crippen molar-refractivity contribution in [2.45, 2.75) is 6.18 Å². The minimum absolute atomic E-state index is 0.168. The molecular weight excluding hydrogens is 275 g/mol. The molecule has 106 valence electrons. The van der Waals surface area contributed by atoms with Crippen molar-refractivity contribution in [1.82, 2.24) is 9.97 Å². The molecule has 2 rings (SSSR count). The van der Waals surface area contributed by atoms with Crippen LogP contribution in [0.15, 0.2) is 30.5 Å². The van der Waals surface area contributed by atoms with Crippen LogP contribution in [0.1, 0.15) is 5.69 Å². The topological polar surface area (TPSA) is 70.3 Å². The molecule has 2 N–H and O–H groups in total. The molecule has 0 spiro atoms. The van der Waals surface area contributed by atoms with Crippen LogP contribution in [0.3, 0.4) is 0 Å². The molecule has 5 nitrogen and oxygen atoms in total. The summed E-state index contributed by atoms with van der Waals surface area (Å²) in [6.07, 6.45) is -3.60. The van der Waals surface area contributed by atoms with Crippen LogP contribution in [0.2, 0.25) is 0 Å². The van der Waals surface area contributed by atoms with Gasteiger partial charge in [0.05, 0.1) is 7.11 Å². The average Bonchev–Trinajstić information content (AvgIpc) is 2.40. The van der Waals surface area contributed by atoms with Gasteiger partial charge in [-0.05, 0) is 18.2 Å². The molecule has 8 heteroatoms. The zero-order valence-corrected chi connectivity index (χ0v) is 10.3. The van der Waals surface area contributed by atoms with Crippen LogP contribution in [0, 0.1) is 0 Å². The van der Waals surface area contributed by atoms with Gasteiger partial charge in [-0.25, -0.2) is 4.98 Å². The van der Waals surface area contributed by atoms with Crippen molar-refractivity contribution in [3.63, 3.8) is 0 Å². The molecule has 0 saturated heterocycles. The molecule has 0 radical (unpaired) electrons. The van der Waals surface area contributed by atoms with Crippen molar-refractivity contribution in [1.29, 1.82) is 0 Å². The first-order valence-electron chi connectivity index (χ1n) is 5.42. The number of alkyl halides is 3. The SMILES string of the molecule is COc1cc(N)ccc1Oc1nccc(C(F)(F)F)n1. The third-order valence-corrected chi connectivity index (χ3v) is 2.31. The molecule has 1 aromatic heterocycles. The predicted molar refractivity (Wildman–Crippen MR) is 64.5 cm³/mol. The van der Waals surface area contributed by atoms with E-state index in [9.17, 15) is 13.2 Å². The summed E-state index contributed by atoms with van der Waals surface area (Å²) in [5.41, 5.74) is 4.91. The van der Waals surface area contributed by atoms with E-state index in [4.69, 9.17) is 15.2 Å². The summed E-state index contributed by atoms with van der Waals surface area (Å²) in [6, 6.07) is 4.78. The highest BCUT2D eigenvalue weighted by molar-refractivity contribution is 5.52. The van der Waals surface area contributed by atoms with Gasteiger partial charge in [0.25, 0.3) is 0 Å². The highest BCUT2D eigenvalue weighted by atomic mass is 19.4. The molecule has 0 fully saturated rings. The largest absolute Gasteiger partial charge is 0.493 e. The quantitative estimate of drug-likeness (QED) is 0.878. The second kappa shape index (κ2) is 5.24. The Balaban J connectivity index is 2.31. The fourth-order valence-corrected chi connectivity index (χ4v) is 1.41. The molecule has 0 aliphatic carbocycles. The summed E-state index contributed by atoms with van der Waals surface area (Å²) in [5.74, 6) is 0.437. The van der Waals surface area contributed by atoms with Gasteiger partial charge in [0, 0.05) is 18.0 Å². The van der Waals surface area contributed by atoms with Crippen molar-refractivity contribution >= 4 is 5.69 Å². The third kappa shape index (κ3) is 3.08. The molecule has 0 bridgehead atoms. The van der Waals surface area contributed by atoms with Gasteiger partial charge in [-0.15, -0.1) is 0 Å². The second-order valence-corrected chi connectivity index (χ2v) is 3.73. The van der Waals surface area contributed by atoms with Crippen molar-refractivity contribution in [3.05, 3.63) is 36.2 Å². The predicted octanol–water partition coefficient (Wildman–Crippen LogP) is 2.88. The molecule has 0 saturated carbocycles. The van der Waals surface area contributed by atoms with Crippen molar-refractivity contribution in [2.24, 2.45) is 0 Å². The molecule has 1 heterocycles. The van der Waals surface area contributed by atoms with E-state index in [2.05, 4.69) is 9.97 Å². The van der Waals surface area contributed by atoms with E-state index in [0.29, 0.717) is 5.69 Å². The standard InChI is InChI=1S/C12H10F3N3O2/c1-19-9-6-7(16)2-3-8(9)20-11-17-5-4-10(18-11)12(13,14)15/h2-6H,16H2,1H3. The van der Waals surface area contributed by atoms with Gasteiger partial charge < -0.3 is 15.2 Å². The van der Waals surface area contributed by atoms with E-state index in [1.165, 1.54) is 25.3 Å². The zero-order chi connectivity index (χ0) is 14.8. The van der Waals surface area contributed by atoms with Gasteiger partial charge in [-0.2, -0.15) is 18.2 Å². The summed E-state index contributed by atoms with van der Waals surface area (Å²) in [4.78, 5) is 6.92. The number of anilines is 1. The van der Waals surface area contributed by atoms with Crippen LogP contribution >= 0.6 is 0 Å². The number of rotatable bonds is 3. The number of hydrogen-bond donors (Lipinski definition) is 1. The van der Waals surface area contributed by atoms with Crippen molar-refractivity contribution in [3.8, 4) is 17.5 Å². The number of nitrogen functional groups attached to an aromatic ring is 1. The first kappa shape index (κ1) is 13.9. The van der Waals surface area contributed by atoms with Gasteiger partial charge in [0.2, 0.25) is 0 Å². The highest BCUT2D eigenvalue weighted by Gasteiger charge is 2.33. The first-order chi connectivity index (χ1) is 9.40. The minimum Gasteiger partial charge on any atom is -0.493 e. The van der Waals surface area contributed by atoms with Gasteiger partial charge in [-0.3, -0.25) is 0 Å². The summed E-state index contributed by atoms with van der Waals surface area (Å²) in [7, 11) is 1.38. The summed E-state index contributed by atoms with van der Waals surface area (Å²) in [5, 5.41) is 0. The van der Waals surface area contributed by atoms with Gasteiger partial charge >= 0.3 is 12.2 Å². The summed E-state index contributed by atoms with van der Waals surface area (Å²) < 4.78 is 47.8. The lowest BCUT2D eigenvalue weighted by Crippen LogP contribution is -2.09. The maximum Gasteiger partial charge on any atom is 0.433 e. The van der Waals surface area contributed by atoms with Crippen LogP contribution in [-0.4, -0.2) is 17.1 Å². The second-order valence-electron chi connectivity index (χ2n) is 3.73. The third-order valence-electron chi connectivity index (χ3n) is 2.31. The van der Waals surface area contributed by atoms with E-state index in [-0.39, 0.29) is 11.5 Å². The van der Waals surface area contributed by atoms with Gasteiger partial charge in [-0.1, -0.05) is 0 Å². The van der Waals surface area contributed by atoms with E-state index in [1.54, 1.807) is 0 Å². The Bertz CT molecular complexity index is 617. The number of aromatic nitrogens is 2. The zero-order valence-electron chi connectivity index (χ0n) is 10.3. The fraction of sp³-hybridized carbons (Fsp3) is 0.167. The Morgan fingerprint density at radius 1 is 1.15 bits per heavy atom.